The van der Waals surface area contributed by atoms with Gasteiger partial charge in [0.15, 0.2) is 5.82 Å². The molecule has 1 N–H and O–H groups in total. The highest BCUT2D eigenvalue weighted by Crippen LogP contribution is 2.37. The van der Waals surface area contributed by atoms with Crippen LogP contribution >= 0.6 is 23.2 Å². The largest absolute Gasteiger partial charge is 0.317 e. The third kappa shape index (κ3) is 4.75. The van der Waals surface area contributed by atoms with Gasteiger partial charge in [-0.05, 0) is 78.3 Å². The molecule has 1 aliphatic carbocycles. The summed E-state index contributed by atoms with van der Waals surface area (Å²) < 4.78 is 1.85. The van der Waals surface area contributed by atoms with E-state index >= 15 is 0 Å². The van der Waals surface area contributed by atoms with Crippen LogP contribution in [0.2, 0.25) is 10.2 Å². The second kappa shape index (κ2) is 9.56. The predicted octanol–water partition coefficient (Wildman–Crippen LogP) is 5.90. The van der Waals surface area contributed by atoms with Crippen LogP contribution in [0.1, 0.15) is 41.3 Å². The number of nitrogens with zero attached hydrogens (tertiary/aromatic N) is 5. The Morgan fingerprint density at radius 3 is 2.65 bits per heavy atom. The maximum absolute atomic E-state index is 13.6. The summed E-state index contributed by atoms with van der Waals surface area (Å²) in [6, 6.07) is 15.9. The van der Waals surface area contributed by atoms with Crippen LogP contribution in [0.4, 0.5) is 5.82 Å². The molecule has 0 bridgehead atoms. The van der Waals surface area contributed by atoms with Crippen molar-refractivity contribution in [3.05, 3.63) is 81.7 Å². The smallest absolute Gasteiger partial charge is 0.260 e. The highest BCUT2D eigenvalue weighted by atomic mass is 35.5. The molecule has 3 heterocycles. The number of hydrogen-bond acceptors (Lipinski definition) is 5. The standard InChI is InChI=1S/C28H26Cl2N6O/c1-16(18-3-4-18)31-13-17-9-25(30)33-26(10-17)36-14-20-6-5-19(11-23(20)28(36)37)22-8-7-21(29)12-24(22)27-34-32-15-35(27)2/h5-12,15-16,18,31H,3-4,13-14H2,1-2H3. The summed E-state index contributed by atoms with van der Waals surface area (Å²) in [6.45, 7) is 3.35. The molecule has 2 aromatic carbocycles. The maximum Gasteiger partial charge on any atom is 0.260 e. The van der Waals surface area contributed by atoms with E-state index in [1.54, 1.807) is 11.2 Å². The zero-order chi connectivity index (χ0) is 25.7. The van der Waals surface area contributed by atoms with Gasteiger partial charge in [0.05, 0.1) is 6.54 Å². The van der Waals surface area contributed by atoms with Crippen LogP contribution in [0.25, 0.3) is 22.5 Å². The van der Waals surface area contributed by atoms with Gasteiger partial charge in [-0.3, -0.25) is 9.69 Å². The van der Waals surface area contributed by atoms with Gasteiger partial charge in [0.1, 0.15) is 17.3 Å². The molecule has 188 valence electrons. The third-order valence-corrected chi connectivity index (χ3v) is 7.66. The first-order valence-electron chi connectivity index (χ1n) is 12.4. The van der Waals surface area contributed by atoms with E-state index in [9.17, 15) is 4.79 Å². The molecule has 4 aromatic rings. The number of halogens is 2. The second-order valence-electron chi connectivity index (χ2n) is 9.88. The summed E-state index contributed by atoms with van der Waals surface area (Å²) in [5.41, 5.74) is 5.30. The van der Waals surface area contributed by atoms with E-state index in [1.807, 2.05) is 60.1 Å². The Morgan fingerprint density at radius 1 is 1.05 bits per heavy atom. The number of carbonyl (C=O) groups excluding carboxylic acids is 1. The molecule has 1 aliphatic heterocycles. The van der Waals surface area contributed by atoms with Crippen molar-refractivity contribution in [2.75, 3.05) is 4.90 Å². The average molecular weight is 533 g/mol. The van der Waals surface area contributed by atoms with E-state index in [1.165, 1.54) is 12.8 Å². The summed E-state index contributed by atoms with van der Waals surface area (Å²) in [5, 5.41) is 12.8. The molecule has 2 aromatic heterocycles. The first kappa shape index (κ1) is 24.1. The van der Waals surface area contributed by atoms with Crippen LogP contribution in [-0.2, 0) is 20.1 Å². The fourth-order valence-corrected chi connectivity index (χ4v) is 5.35. The van der Waals surface area contributed by atoms with Gasteiger partial charge in [-0.25, -0.2) is 4.98 Å². The number of anilines is 1. The Morgan fingerprint density at radius 2 is 1.89 bits per heavy atom. The van der Waals surface area contributed by atoms with Crippen LogP contribution in [0.5, 0.6) is 0 Å². The van der Waals surface area contributed by atoms with Gasteiger partial charge < -0.3 is 9.88 Å². The van der Waals surface area contributed by atoms with Crippen LogP contribution in [0.3, 0.4) is 0 Å². The highest BCUT2D eigenvalue weighted by molar-refractivity contribution is 6.31. The van der Waals surface area contributed by atoms with Gasteiger partial charge in [0.2, 0.25) is 0 Å². The van der Waals surface area contributed by atoms with E-state index in [0.717, 1.165) is 33.7 Å². The van der Waals surface area contributed by atoms with Crippen molar-refractivity contribution in [1.29, 1.82) is 0 Å². The number of nitrogens with one attached hydrogen (secondary N) is 1. The van der Waals surface area contributed by atoms with Crippen LogP contribution in [0, 0.1) is 5.92 Å². The molecule has 6 rings (SSSR count). The molecule has 1 saturated carbocycles. The van der Waals surface area contributed by atoms with E-state index in [0.29, 0.717) is 46.5 Å². The summed E-state index contributed by atoms with van der Waals surface area (Å²) >= 11 is 12.7. The SMILES string of the molecule is CC(NCc1cc(Cl)nc(N2Cc3ccc(-c4ccc(Cl)cc4-c4nncn4C)cc3C2=O)c1)C1CC1. The van der Waals surface area contributed by atoms with Crippen molar-refractivity contribution < 1.29 is 4.79 Å². The predicted molar refractivity (Wildman–Crippen MR) is 146 cm³/mol. The number of carbonyl (C=O) groups is 1. The number of amides is 1. The van der Waals surface area contributed by atoms with E-state index < -0.39 is 0 Å². The molecule has 0 spiro atoms. The summed E-state index contributed by atoms with van der Waals surface area (Å²) in [5.74, 6) is 1.94. The molecular weight excluding hydrogens is 507 g/mol. The van der Waals surface area contributed by atoms with Gasteiger partial charge in [-0.2, -0.15) is 0 Å². The maximum atomic E-state index is 13.6. The molecule has 37 heavy (non-hydrogen) atoms. The Kier molecular flexibility index (Phi) is 6.23. The number of hydrogen-bond donors (Lipinski definition) is 1. The zero-order valence-electron chi connectivity index (χ0n) is 20.6. The van der Waals surface area contributed by atoms with Crippen LogP contribution in [-0.4, -0.2) is 31.7 Å². The molecule has 1 amide bonds. The lowest BCUT2D eigenvalue weighted by molar-refractivity contribution is 0.0996. The molecule has 1 atom stereocenters. The fourth-order valence-electron chi connectivity index (χ4n) is 4.95. The van der Waals surface area contributed by atoms with Crippen molar-refractivity contribution >= 4 is 34.9 Å². The Bertz CT molecular complexity index is 1510. The lowest BCUT2D eigenvalue weighted by atomic mass is 9.96. The van der Waals surface area contributed by atoms with Gasteiger partial charge in [-0.1, -0.05) is 41.4 Å². The number of aryl methyl sites for hydroxylation is 1. The van der Waals surface area contributed by atoms with E-state index in [4.69, 9.17) is 23.2 Å². The number of fused-ring (bicyclic) bond motifs is 1. The molecule has 7 nitrogen and oxygen atoms in total. The highest BCUT2D eigenvalue weighted by Gasteiger charge is 2.31. The lowest BCUT2D eigenvalue weighted by Crippen LogP contribution is -2.28. The number of rotatable bonds is 7. The molecule has 1 unspecified atom stereocenters. The monoisotopic (exact) mass is 532 g/mol. The van der Waals surface area contributed by atoms with Gasteiger partial charge >= 0.3 is 0 Å². The van der Waals surface area contributed by atoms with Crippen molar-refractivity contribution in [2.24, 2.45) is 13.0 Å². The molecule has 2 aliphatic rings. The first-order valence-corrected chi connectivity index (χ1v) is 13.1. The summed E-state index contributed by atoms with van der Waals surface area (Å²) in [7, 11) is 1.89. The third-order valence-electron chi connectivity index (χ3n) is 7.23. The summed E-state index contributed by atoms with van der Waals surface area (Å²) in [6.07, 6.45) is 4.22. The quantitative estimate of drug-likeness (QED) is 0.300. The van der Waals surface area contributed by atoms with Crippen molar-refractivity contribution in [3.63, 3.8) is 0 Å². The van der Waals surface area contributed by atoms with Gasteiger partial charge in [0, 0.05) is 35.8 Å². The Balaban J connectivity index is 1.30. The van der Waals surface area contributed by atoms with Crippen LogP contribution in [0.15, 0.2) is 54.9 Å². The molecule has 0 radical (unpaired) electrons. The zero-order valence-corrected chi connectivity index (χ0v) is 22.1. The average Bonchev–Trinajstić information content (AvgIpc) is 3.57. The first-order chi connectivity index (χ1) is 17.9. The van der Waals surface area contributed by atoms with Crippen molar-refractivity contribution in [2.45, 2.75) is 38.9 Å². The van der Waals surface area contributed by atoms with Crippen molar-refractivity contribution in [3.8, 4) is 22.5 Å². The fraction of sp³-hybridized carbons (Fsp3) is 0.286. The lowest BCUT2D eigenvalue weighted by Gasteiger charge is -2.17. The van der Waals surface area contributed by atoms with Crippen LogP contribution < -0.4 is 10.2 Å². The molecule has 1 fully saturated rings. The number of pyridine rings is 1. The number of aromatic nitrogens is 4. The van der Waals surface area contributed by atoms with E-state index in [-0.39, 0.29) is 5.91 Å². The number of benzene rings is 2. The Labute approximate surface area is 225 Å². The van der Waals surface area contributed by atoms with Crippen molar-refractivity contribution in [1.82, 2.24) is 25.1 Å². The normalized spacial score (nSPS) is 15.8. The Hall–Kier alpha value is -3.26. The van der Waals surface area contributed by atoms with Gasteiger partial charge in [0.25, 0.3) is 5.91 Å². The second-order valence-corrected chi connectivity index (χ2v) is 10.7. The summed E-state index contributed by atoms with van der Waals surface area (Å²) in [4.78, 5) is 19.7. The molecule has 0 saturated heterocycles. The minimum Gasteiger partial charge on any atom is -0.317 e. The molecule has 9 heteroatoms. The minimum atomic E-state index is -0.0916. The minimum absolute atomic E-state index is 0.0916. The van der Waals surface area contributed by atoms with Gasteiger partial charge in [-0.15, -0.1) is 10.2 Å². The molecular formula is C28H26Cl2N6O. The topological polar surface area (TPSA) is 75.9 Å². The van der Waals surface area contributed by atoms with E-state index in [2.05, 4.69) is 27.4 Å².